The van der Waals surface area contributed by atoms with Crippen molar-refractivity contribution < 1.29 is 4.79 Å². The van der Waals surface area contributed by atoms with E-state index in [-0.39, 0.29) is 5.54 Å². The molecule has 3 heteroatoms. The smallest absolute Gasteiger partial charge is 0.244 e. The number of hydrogen-bond donors (Lipinski definition) is 1. The highest BCUT2D eigenvalue weighted by Gasteiger charge is 2.60. The molecule has 0 aromatic heterocycles. The fourth-order valence-electron chi connectivity index (χ4n) is 4.32. The molecule has 1 saturated heterocycles. The first-order chi connectivity index (χ1) is 10.0. The second-order valence-electron chi connectivity index (χ2n) is 8.10. The van der Waals surface area contributed by atoms with Crippen LogP contribution in [0.2, 0.25) is 0 Å². The first kappa shape index (κ1) is 15.3. The van der Waals surface area contributed by atoms with E-state index in [1.165, 1.54) is 38.5 Å². The van der Waals surface area contributed by atoms with E-state index in [0.29, 0.717) is 24.0 Å². The molecule has 2 unspecified atom stereocenters. The van der Waals surface area contributed by atoms with Crippen molar-refractivity contribution in [2.75, 3.05) is 0 Å². The van der Waals surface area contributed by atoms with E-state index in [2.05, 4.69) is 31.0 Å². The molecule has 1 spiro atoms. The summed E-state index contributed by atoms with van der Waals surface area (Å²) in [5.74, 6) is 1.88. The Kier molecular flexibility index (Phi) is 4.31. The minimum Gasteiger partial charge on any atom is -0.323 e. The SMILES string of the molecule is CC(C)CCCC(C)N1C(=O)C2(CC2)NC1C1CCCC1. The van der Waals surface area contributed by atoms with Gasteiger partial charge in [0, 0.05) is 6.04 Å². The summed E-state index contributed by atoms with van der Waals surface area (Å²) in [6, 6.07) is 0.398. The summed E-state index contributed by atoms with van der Waals surface area (Å²) in [4.78, 5) is 15.1. The van der Waals surface area contributed by atoms with Crippen molar-refractivity contribution in [2.24, 2.45) is 11.8 Å². The number of carbonyl (C=O) groups excluding carboxylic acids is 1. The van der Waals surface area contributed by atoms with E-state index in [1.807, 2.05) is 0 Å². The maximum Gasteiger partial charge on any atom is 0.244 e. The predicted octanol–water partition coefficient (Wildman–Crippen LogP) is 3.68. The van der Waals surface area contributed by atoms with E-state index >= 15 is 0 Å². The Morgan fingerprint density at radius 1 is 1.19 bits per heavy atom. The van der Waals surface area contributed by atoms with Crippen LogP contribution in [0, 0.1) is 11.8 Å². The fourth-order valence-corrected chi connectivity index (χ4v) is 4.32. The van der Waals surface area contributed by atoms with Gasteiger partial charge in [0.05, 0.1) is 11.7 Å². The van der Waals surface area contributed by atoms with Crippen LogP contribution in [0.1, 0.15) is 78.6 Å². The third kappa shape index (κ3) is 2.99. The van der Waals surface area contributed by atoms with Crippen LogP contribution >= 0.6 is 0 Å². The van der Waals surface area contributed by atoms with Gasteiger partial charge in [-0.15, -0.1) is 0 Å². The van der Waals surface area contributed by atoms with Crippen LogP contribution in [0.25, 0.3) is 0 Å². The summed E-state index contributed by atoms with van der Waals surface area (Å²) in [5.41, 5.74) is -0.139. The summed E-state index contributed by atoms with van der Waals surface area (Å²) >= 11 is 0. The van der Waals surface area contributed by atoms with Gasteiger partial charge in [-0.1, -0.05) is 39.5 Å². The highest BCUT2D eigenvalue weighted by atomic mass is 16.2. The van der Waals surface area contributed by atoms with E-state index in [4.69, 9.17) is 0 Å². The number of rotatable bonds is 6. The summed E-state index contributed by atoms with van der Waals surface area (Å²) in [7, 11) is 0. The molecule has 3 rings (SSSR count). The van der Waals surface area contributed by atoms with Crippen molar-refractivity contribution in [2.45, 2.75) is 96.3 Å². The van der Waals surface area contributed by atoms with Crippen LogP contribution in [-0.4, -0.2) is 28.6 Å². The largest absolute Gasteiger partial charge is 0.323 e. The molecule has 1 amide bonds. The lowest BCUT2D eigenvalue weighted by molar-refractivity contribution is -0.133. The quantitative estimate of drug-likeness (QED) is 0.810. The Bertz CT molecular complexity index is 383. The van der Waals surface area contributed by atoms with Gasteiger partial charge in [-0.3, -0.25) is 10.1 Å². The molecule has 0 radical (unpaired) electrons. The van der Waals surface area contributed by atoms with E-state index in [0.717, 1.165) is 25.2 Å². The monoisotopic (exact) mass is 292 g/mol. The number of hydrogen-bond acceptors (Lipinski definition) is 2. The number of amides is 1. The topological polar surface area (TPSA) is 32.3 Å². The standard InChI is InChI=1S/C18H32N2O/c1-13(2)7-6-8-14(3)20-16(15-9-4-5-10-15)19-18(11-12-18)17(20)21/h13-16,19H,4-12H2,1-3H3. The second kappa shape index (κ2) is 5.91. The van der Waals surface area contributed by atoms with Crippen molar-refractivity contribution in [1.29, 1.82) is 0 Å². The maximum absolute atomic E-state index is 12.9. The summed E-state index contributed by atoms with van der Waals surface area (Å²) < 4.78 is 0. The number of nitrogens with one attached hydrogen (secondary N) is 1. The molecule has 3 aliphatic rings. The summed E-state index contributed by atoms with van der Waals surface area (Å²) in [6.45, 7) is 6.84. The Labute approximate surface area is 129 Å². The van der Waals surface area contributed by atoms with Crippen LogP contribution in [0.5, 0.6) is 0 Å². The molecule has 0 bridgehead atoms. The van der Waals surface area contributed by atoms with Gasteiger partial charge in [0.2, 0.25) is 5.91 Å². The average molecular weight is 292 g/mol. The lowest BCUT2D eigenvalue weighted by Crippen LogP contribution is -2.47. The van der Waals surface area contributed by atoms with Gasteiger partial charge in [-0.05, 0) is 50.9 Å². The molecule has 1 N–H and O–H groups in total. The normalized spacial score (nSPS) is 29.8. The lowest BCUT2D eigenvalue weighted by Gasteiger charge is -2.34. The van der Waals surface area contributed by atoms with Gasteiger partial charge >= 0.3 is 0 Å². The average Bonchev–Trinajstić information content (AvgIpc) is 2.90. The van der Waals surface area contributed by atoms with Gasteiger partial charge in [-0.2, -0.15) is 0 Å². The minimum atomic E-state index is -0.139. The fraction of sp³-hybridized carbons (Fsp3) is 0.944. The van der Waals surface area contributed by atoms with Crippen molar-refractivity contribution in [1.82, 2.24) is 10.2 Å². The molecule has 2 atom stereocenters. The zero-order chi connectivity index (χ0) is 15.0. The number of nitrogens with zero attached hydrogens (tertiary/aromatic N) is 1. The molecule has 0 aromatic carbocycles. The molecule has 120 valence electrons. The Hall–Kier alpha value is -0.570. The zero-order valence-corrected chi connectivity index (χ0v) is 14.0. The lowest BCUT2D eigenvalue weighted by atomic mass is 10.00. The Morgan fingerprint density at radius 3 is 2.43 bits per heavy atom. The van der Waals surface area contributed by atoms with Crippen molar-refractivity contribution >= 4 is 5.91 Å². The first-order valence-corrected chi connectivity index (χ1v) is 9.14. The maximum atomic E-state index is 12.9. The van der Waals surface area contributed by atoms with Gasteiger partial charge in [0.15, 0.2) is 0 Å². The molecule has 2 aliphatic carbocycles. The third-order valence-electron chi connectivity index (χ3n) is 5.84. The van der Waals surface area contributed by atoms with Gasteiger partial charge in [0.1, 0.15) is 0 Å². The predicted molar refractivity (Wildman–Crippen MR) is 85.8 cm³/mol. The van der Waals surface area contributed by atoms with Crippen molar-refractivity contribution in [3.63, 3.8) is 0 Å². The highest BCUT2D eigenvalue weighted by molar-refractivity contribution is 5.92. The van der Waals surface area contributed by atoms with E-state index in [1.54, 1.807) is 0 Å². The van der Waals surface area contributed by atoms with Gasteiger partial charge in [0.25, 0.3) is 0 Å². The van der Waals surface area contributed by atoms with Crippen LogP contribution in [0.15, 0.2) is 0 Å². The minimum absolute atomic E-state index is 0.139. The molecule has 3 fully saturated rings. The highest BCUT2D eigenvalue weighted by Crippen LogP contribution is 2.46. The molecule has 0 aromatic rings. The van der Waals surface area contributed by atoms with E-state index in [9.17, 15) is 4.79 Å². The molecule has 3 nitrogen and oxygen atoms in total. The Morgan fingerprint density at radius 2 is 1.86 bits per heavy atom. The van der Waals surface area contributed by atoms with Gasteiger partial charge in [-0.25, -0.2) is 0 Å². The summed E-state index contributed by atoms with van der Waals surface area (Å²) in [5, 5.41) is 3.74. The van der Waals surface area contributed by atoms with E-state index < -0.39 is 0 Å². The van der Waals surface area contributed by atoms with Gasteiger partial charge < -0.3 is 4.90 Å². The third-order valence-corrected chi connectivity index (χ3v) is 5.84. The first-order valence-electron chi connectivity index (χ1n) is 9.14. The molecular weight excluding hydrogens is 260 g/mol. The number of carbonyl (C=O) groups is 1. The van der Waals surface area contributed by atoms with Crippen molar-refractivity contribution in [3.8, 4) is 0 Å². The zero-order valence-electron chi connectivity index (χ0n) is 14.0. The molecule has 1 heterocycles. The van der Waals surface area contributed by atoms with Crippen LogP contribution < -0.4 is 5.32 Å². The van der Waals surface area contributed by atoms with Crippen LogP contribution in [0.4, 0.5) is 0 Å². The van der Waals surface area contributed by atoms with Crippen LogP contribution in [-0.2, 0) is 4.79 Å². The van der Waals surface area contributed by atoms with Crippen LogP contribution in [0.3, 0.4) is 0 Å². The van der Waals surface area contributed by atoms with Crippen molar-refractivity contribution in [3.05, 3.63) is 0 Å². The molecule has 21 heavy (non-hydrogen) atoms. The molecular formula is C18H32N2O. The molecule has 2 saturated carbocycles. The Balaban J connectivity index is 1.65. The molecule has 1 aliphatic heterocycles. The second-order valence-corrected chi connectivity index (χ2v) is 8.10. The summed E-state index contributed by atoms with van der Waals surface area (Å²) in [6.07, 6.45) is 11.4.